The van der Waals surface area contributed by atoms with Gasteiger partial charge in [-0.25, -0.2) is 0 Å². The van der Waals surface area contributed by atoms with E-state index in [9.17, 15) is 0 Å². The van der Waals surface area contributed by atoms with Crippen LogP contribution in [0.2, 0.25) is 0 Å². The number of ether oxygens (including phenoxy) is 1. The van der Waals surface area contributed by atoms with Crippen molar-refractivity contribution < 1.29 is 4.74 Å². The molecule has 1 saturated heterocycles. The highest BCUT2D eigenvalue weighted by atomic mass is 16.5. The van der Waals surface area contributed by atoms with E-state index in [1.807, 2.05) is 30.3 Å². The van der Waals surface area contributed by atoms with E-state index in [0.29, 0.717) is 0 Å². The molecule has 1 heterocycles. The van der Waals surface area contributed by atoms with Gasteiger partial charge in [-0.15, -0.1) is 0 Å². The Morgan fingerprint density at radius 3 is 2.47 bits per heavy atom. The van der Waals surface area contributed by atoms with Crippen LogP contribution in [0.25, 0.3) is 0 Å². The number of unbranched alkanes of at least 4 members (excludes halogenated alkanes) is 3. The van der Waals surface area contributed by atoms with Crippen LogP contribution in [0, 0.1) is 0 Å². The molecule has 1 aliphatic heterocycles. The summed E-state index contributed by atoms with van der Waals surface area (Å²) in [7, 11) is 0. The number of hydrogen-bond donors (Lipinski definition) is 1. The summed E-state index contributed by atoms with van der Waals surface area (Å²) >= 11 is 0. The first kappa shape index (κ1) is 14.4. The van der Waals surface area contributed by atoms with Crippen molar-refractivity contribution in [2.75, 3.05) is 39.3 Å². The second kappa shape index (κ2) is 8.94. The van der Waals surface area contributed by atoms with E-state index < -0.39 is 0 Å². The molecule has 0 unspecified atom stereocenters. The van der Waals surface area contributed by atoms with Gasteiger partial charge in [-0.2, -0.15) is 0 Å². The van der Waals surface area contributed by atoms with Gasteiger partial charge in [0.25, 0.3) is 0 Å². The van der Waals surface area contributed by atoms with Crippen molar-refractivity contribution in [3.05, 3.63) is 30.3 Å². The zero-order chi connectivity index (χ0) is 13.2. The van der Waals surface area contributed by atoms with Crippen LogP contribution in [0.15, 0.2) is 30.3 Å². The molecule has 0 spiro atoms. The summed E-state index contributed by atoms with van der Waals surface area (Å²) in [5.74, 6) is 0.989. The van der Waals surface area contributed by atoms with Crippen molar-refractivity contribution in [1.29, 1.82) is 0 Å². The third-order valence-corrected chi connectivity index (χ3v) is 3.59. The zero-order valence-electron chi connectivity index (χ0n) is 11.8. The van der Waals surface area contributed by atoms with Crippen LogP contribution in [0.1, 0.15) is 25.7 Å². The lowest BCUT2D eigenvalue weighted by molar-refractivity contribution is 0.234. The average Bonchev–Trinajstić information content (AvgIpc) is 2.48. The number of hydrogen-bond acceptors (Lipinski definition) is 3. The molecule has 3 nitrogen and oxygen atoms in total. The summed E-state index contributed by atoms with van der Waals surface area (Å²) in [6.07, 6.45) is 5.09. The Bertz CT molecular complexity index is 323. The van der Waals surface area contributed by atoms with Crippen molar-refractivity contribution in [2.24, 2.45) is 0 Å². The molecule has 106 valence electrons. The van der Waals surface area contributed by atoms with Crippen molar-refractivity contribution in [1.82, 2.24) is 10.2 Å². The fourth-order valence-corrected chi connectivity index (χ4v) is 2.43. The molecular formula is C16H26N2O. The standard InChI is InChI=1S/C16H26N2O/c1(6-12-18-13-10-17-11-14-18)2-7-15-19-16-8-4-3-5-9-16/h3-5,8-9,17H,1-2,6-7,10-15H2. The lowest BCUT2D eigenvalue weighted by Gasteiger charge is -2.26. The third-order valence-electron chi connectivity index (χ3n) is 3.59. The summed E-state index contributed by atoms with van der Waals surface area (Å²) in [5, 5.41) is 3.39. The Morgan fingerprint density at radius 1 is 0.947 bits per heavy atom. The van der Waals surface area contributed by atoms with Crippen LogP contribution in [-0.4, -0.2) is 44.2 Å². The molecule has 1 aliphatic rings. The normalized spacial score (nSPS) is 16.4. The fourth-order valence-electron chi connectivity index (χ4n) is 2.43. The minimum absolute atomic E-state index is 0.845. The van der Waals surface area contributed by atoms with Crippen LogP contribution >= 0.6 is 0 Å². The highest BCUT2D eigenvalue weighted by molar-refractivity contribution is 5.20. The maximum atomic E-state index is 5.68. The van der Waals surface area contributed by atoms with Crippen LogP contribution < -0.4 is 10.1 Å². The smallest absolute Gasteiger partial charge is 0.119 e. The van der Waals surface area contributed by atoms with Gasteiger partial charge in [0.1, 0.15) is 5.75 Å². The lowest BCUT2D eigenvalue weighted by Crippen LogP contribution is -2.43. The predicted molar refractivity (Wildman–Crippen MR) is 79.7 cm³/mol. The molecule has 0 radical (unpaired) electrons. The first-order valence-electron chi connectivity index (χ1n) is 7.56. The minimum atomic E-state index is 0.845. The monoisotopic (exact) mass is 262 g/mol. The molecule has 0 saturated carbocycles. The van der Waals surface area contributed by atoms with Crippen LogP contribution in [0.5, 0.6) is 5.75 Å². The van der Waals surface area contributed by atoms with Gasteiger partial charge in [-0.3, -0.25) is 0 Å². The fraction of sp³-hybridized carbons (Fsp3) is 0.625. The Labute approximate surface area is 116 Å². The Balaban J connectivity index is 1.42. The van der Waals surface area contributed by atoms with Gasteiger partial charge in [0.2, 0.25) is 0 Å². The maximum absolute atomic E-state index is 5.68. The van der Waals surface area contributed by atoms with Gasteiger partial charge in [0, 0.05) is 26.2 Å². The van der Waals surface area contributed by atoms with E-state index in [-0.39, 0.29) is 0 Å². The number of piperazine rings is 1. The van der Waals surface area contributed by atoms with E-state index in [1.54, 1.807) is 0 Å². The Kier molecular flexibility index (Phi) is 6.75. The van der Waals surface area contributed by atoms with Crippen molar-refractivity contribution in [3.63, 3.8) is 0 Å². The summed E-state index contributed by atoms with van der Waals surface area (Å²) in [6.45, 7) is 6.86. The first-order valence-corrected chi connectivity index (χ1v) is 7.56. The molecule has 1 N–H and O–H groups in total. The van der Waals surface area contributed by atoms with Gasteiger partial charge in [0.15, 0.2) is 0 Å². The largest absolute Gasteiger partial charge is 0.494 e. The van der Waals surface area contributed by atoms with Gasteiger partial charge in [-0.1, -0.05) is 31.0 Å². The van der Waals surface area contributed by atoms with Crippen molar-refractivity contribution in [3.8, 4) is 5.75 Å². The highest BCUT2D eigenvalue weighted by Crippen LogP contribution is 2.09. The highest BCUT2D eigenvalue weighted by Gasteiger charge is 2.07. The van der Waals surface area contributed by atoms with Crippen LogP contribution in [-0.2, 0) is 0 Å². The van der Waals surface area contributed by atoms with E-state index in [2.05, 4.69) is 10.2 Å². The van der Waals surface area contributed by atoms with E-state index in [4.69, 9.17) is 4.74 Å². The SMILES string of the molecule is c1ccc(OCCCCCCN2CCNCC2)cc1. The molecule has 0 aliphatic carbocycles. The third kappa shape index (κ3) is 6.08. The molecule has 2 rings (SSSR count). The first-order chi connectivity index (χ1) is 9.45. The second-order valence-corrected chi connectivity index (χ2v) is 5.17. The quantitative estimate of drug-likeness (QED) is 0.729. The molecule has 0 aromatic heterocycles. The number of para-hydroxylation sites is 1. The zero-order valence-corrected chi connectivity index (χ0v) is 11.8. The van der Waals surface area contributed by atoms with Crippen molar-refractivity contribution in [2.45, 2.75) is 25.7 Å². The molecule has 0 amide bonds. The maximum Gasteiger partial charge on any atom is 0.119 e. The number of benzene rings is 1. The van der Waals surface area contributed by atoms with E-state index in [0.717, 1.165) is 31.9 Å². The summed E-state index contributed by atoms with van der Waals surface area (Å²) < 4.78 is 5.68. The van der Waals surface area contributed by atoms with Crippen molar-refractivity contribution >= 4 is 0 Å². The number of nitrogens with zero attached hydrogens (tertiary/aromatic N) is 1. The van der Waals surface area contributed by atoms with Gasteiger partial charge < -0.3 is 15.0 Å². The van der Waals surface area contributed by atoms with Gasteiger partial charge in [0.05, 0.1) is 6.61 Å². The minimum Gasteiger partial charge on any atom is -0.494 e. The summed E-state index contributed by atoms with van der Waals surface area (Å²) in [4.78, 5) is 2.57. The molecule has 19 heavy (non-hydrogen) atoms. The molecule has 0 atom stereocenters. The Morgan fingerprint density at radius 2 is 1.68 bits per heavy atom. The summed E-state index contributed by atoms with van der Waals surface area (Å²) in [5.41, 5.74) is 0. The molecule has 1 aromatic rings. The van der Waals surface area contributed by atoms with Crippen LogP contribution in [0.3, 0.4) is 0 Å². The molecule has 0 bridgehead atoms. The molecule has 1 aromatic carbocycles. The van der Waals surface area contributed by atoms with Gasteiger partial charge in [-0.05, 0) is 31.5 Å². The second-order valence-electron chi connectivity index (χ2n) is 5.17. The molecule has 3 heteroatoms. The predicted octanol–water partition coefficient (Wildman–Crippen LogP) is 2.53. The average molecular weight is 262 g/mol. The van der Waals surface area contributed by atoms with E-state index in [1.165, 1.54) is 38.9 Å². The van der Waals surface area contributed by atoms with E-state index >= 15 is 0 Å². The summed E-state index contributed by atoms with van der Waals surface area (Å²) in [6, 6.07) is 10.1. The number of nitrogens with one attached hydrogen (secondary N) is 1. The molecule has 1 fully saturated rings. The lowest BCUT2D eigenvalue weighted by atomic mass is 10.2. The molecular weight excluding hydrogens is 236 g/mol. The number of rotatable bonds is 8. The van der Waals surface area contributed by atoms with Crippen LogP contribution in [0.4, 0.5) is 0 Å². The van der Waals surface area contributed by atoms with Gasteiger partial charge >= 0.3 is 0 Å². The topological polar surface area (TPSA) is 24.5 Å². The Hall–Kier alpha value is -1.06.